The second-order valence-electron chi connectivity index (χ2n) is 4.42. The summed E-state index contributed by atoms with van der Waals surface area (Å²) in [6.07, 6.45) is 0.417. The smallest absolute Gasteiger partial charge is 0.230 e. The van der Waals surface area contributed by atoms with Gasteiger partial charge in [-0.3, -0.25) is 9.59 Å². The highest BCUT2D eigenvalue weighted by Crippen LogP contribution is 2.30. The lowest BCUT2D eigenvalue weighted by Gasteiger charge is -2.27. The number of ketones is 1. The summed E-state index contributed by atoms with van der Waals surface area (Å²) in [7, 11) is 3.17. The molecule has 1 saturated heterocycles. The van der Waals surface area contributed by atoms with Gasteiger partial charge >= 0.3 is 0 Å². The topological polar surface area (TPSA) is 55.8 Å². The number of amides is 1. The van der Waals surface area contributed by atoms with Gasteiger partial charge in [-0.15, -0.1) is 0 Å². The number of nitrogens with zero attached hydrogens (tertiary/aromatic N) is 1. The van der Waals surface area contributed by atoms with E-state index in [-0.39, 0.29) is 18.1 Å². The standard InChI is InChI=1S/C14H17NO4/c1-18-12-4-3-5-13(19-2)11(12)9-15-7-6-10(16)8-14(15)17/h3-5H,6-9H2,1-2H3. The van der Waals surface area contributed by atoms with Gasteiger partial charge in [-0.1, -0.05) is 6.07 Å². The van der Waals surface area contributed by atoms with Gasteiger partial charge in [0.25, 0.3) is 0 Å². The van der Waals surface area contributed by atoms with Gasteiger partial charge < -0.3 is 14.4 Å². The zero-order valence-electron chi connectivity index (χ0n) is 11.1. The lowest BCUT2D eigenvalue weighted by atomic mass is 10.1. The second kappa shape index (κ2) is 5.73. The minimum Gasteiger partial charge on any atom is -0.496 e. The Balaban J connectivity index is 2.22. The van der Waals surface area contributed by atoms with E-state index in [1.165, 1.54) is 0 Å². The highest BCUT2D eigenvalue weighted by atomic mass is 16.5. The maximum atomic E-state index is 11.8. The summed E-state index contributed by atoms with van der Waals surface area (Å²) in [6, 6.07) is 5.50. The predicted molar refractivity (Wildman–Crippen MR) is 69.2 cm³/mol. The summed E-state index contributed by atoms with van der Waals surface area (Å²) in [5, 5.41) is 0. The van der Waals surface area contributed by atoms with Crippen molar-refractivity contribution in [2.75, 3.05) is 20.8 Å². The fourth-order valence-electron chi connectivity index (χ4n) is 2.20. The molecule has 0 aromatic heterocycles. The Morgan fingerprint density at radius 2 is 1.79 bits per heavy atom. The molecule has 1 aromatic rings. The first kappa shape index (κ1) is 13.4. The lowest BCUT2D eigenvalue weighted by molar-refractivity contribution is -0.139. The number of piperidine rings is 1. The van der Waals surface area contributed by atoms with Gasteiger partial charge in [-0.2, -0.15) is 0 Å². The van der Waals surface area contributed by atoms with Crippen LogP contribution in [-0.2, 0) is 16.1 Å². The van der Waals surface area contributed by atoms with Crippen molar-refractivity contribution in [2.45, 2.75) is 19.4 Å². The van der Waals surface area contributed by atoms with Crippen LogP contribution in [0.5, 0.6) is 11.5 Å². The van der Waals surface area contributed by atoms with E-state index in [9.17, 15) is 9.59 Å². The molecule has 102 valence electrons. The number of hydrogen-bond donors (Lipinski definition) is 0. The average Bonchev–Trinajstić information content (AvgIpc) is 2.42. The number of Topliss-reactive ketones (excluding diaryl/α,β-unsaturated/α-hetero) is 1. The van der Waals surface area contributed by atoms with E-state index >= 15 is 0 Å². The molecule has 0 radical (unpaired) electrons. The lowest BCUT2D eigenvalue weighted by Crippen LogP contribution is -2.38. The highest BCUT2D eigenvalue weighted by molar-refractivity contribution is 6.00. The molecular weight excluding hydrogens is 246 g/mol. The van der Waals surface area contributed by atoms with Crippen LogP contribution < -0.4 is 9.47 Å². The van der Waals surface area contributed by atoms with Crippen molar-refractivity contribution in [3.63, 3.8) is 0 Å². The Bertz CT molecular complexity index is 476. The molecule has 2 rings (SSSR count). The van der Waals surface area contributed by atoms with E-state index in [0.717, 1.165) is 5.56 Å². The highest BCUT2D eigenvalue weighted by Gasteiger charge is 2.25. The van der Waals surface area contributed by atoms with E-state index in [4.69, 9.17) is 9.47 Å². The maximum Gasteiger partial charge on any atom is 0.230 e. The molecule has 1 fully saturated rings. The van der Waals surface area contributed by atoms with Gasteiger partial charge in [0.15, 0.2) is 0 Å². The van der Waals surface area contributed by atoms with Crippen molar-refractivity contribution >= 4 is 11.7 Å². The molecule has 1 aromatic carbocycles. The molecule has 0 bridgehead atoms. The van der Waals surface area contributed by atoms with Crippen LogP contribution in [0.15, 0.2) is 18.2 Å². The van der Waals surface area contributed by atoms with Crippen LogP contribution in [0.4, 0.5) is 0 Å². The Kier molecular flexibility index (Phi) is 4.04. The zero-order valence-corrected chi connectivity index (χ0v) is 11.1. The largest absolute Gasteiger partial charge is 0.496 e. The first-order valence-electron chi connectivity index (χ1n) is 6.15. The predicted octanol–water partition coefficient (Wildman–Crippen LogP) is 1.40. The Labute approximate surface area is 112 Å². The first-order valence-corrected chi connectivity index (χ1v) is 6.15. The SMILES string of the molecule is COc1cccc(OC)c1CN1CCC(=O)CC1=O. The molecule has 0 aliphatic carbocycles. The number of hydrogen-bond acceptors (Lipinski definition) is 4. The van der Waals surface area contributed by atoms with E-state index in [1.807, 2.05) is 18.2 Å². The van der Waals surface area contributed by atoms with Crippen LogP contribution in [0, 0.1) is 0 Å². The van der Waals surface area contributed by atoms with Crippen LogP contribution in [-0.4, -0.2) is 37.4 Å². The maximum absolute atomic E-state index is 11.8. The molecule has 1 heterocycles. The molecule has 5 heteroatoms. The monoisotopic (exact) mass is 263 g/mol. The fourth-order valence-corrected chi connectivity index (χ4v) is 2.20. The van der Waals surface area contributed by atoms with Gasteiger partial charge in [0, 0.05) is 13.0 Å². The van der Waals surface area contributed by atoms with Crippen molar-refractivity contribution in [2.24, 2.45) is 0 Å². The number of likely N-dealkylation sites (tertiary alicyclic amines) is 1. The first-order chi connectivity index (χ1) is 9.15. The summed E-state index contributed by atoms with van der Waals surface area (Å²) < 4.78 is 10.6. The molecule has 0 N–H and O–H groups in total. The molecule has 1 aliphatic rings. The van der Waals surface area contributed by atoms with Crippen LogP contribution in [0.1, 0.15) is 18.4 Å². The molecule has 0 spiro atoms. The molecule has 0 saturated carbocycles. The summed E-state index contributed by atoms with van der Waals surface area (Å²) in [4.78, 5) is 24.7. The third kappa shape index (κ3) is 2.86. The average molecular weight is 263 g/mol. The van der Waals surface area contributed by atoms with E-state index in [2.05, 4.69) is 0 Å². The third-order valence-corrected chi connectivity index (χ3v) is 3.24. The van der Waals surface area contributed by atoms with Gasteiger partial charge in [0.2, 0.25) is 5.91 Å². The zero-order chi connectivity index (χ0) is 13.8. The molecule has 19 heavy (non-hydrogen) atoms. The fraction of sp³-hybridized carbons (Fsp3) is 0.429. The summed E-state index contributed by atoms with van der Waals surface area (Å²) in [5.41, 5.74) is 0.829. The Morgan fingerprint density at radius 1 is 1.16 bits per heavy atom. The van der Waals surface area contributed by atoms with Crippen molar-refractivity contribution in [3.05, 3.63) is 23.8 Å². The van der Waals surface area contributed by atoms with Gasteiger partial charge in [0.1, 0.15) is 17.3 Å². The normalized spacial score (nSPS) is 15.6. The van der Waals surface area contributed by atoms with E-state index in [1.54, 1.807) is 19.1 Å². The molecule has 5 nitrogen and oxygen atoms in total. The van der Waals surface area contributed by atoms with E-state index in [0.29, 0.717) is 31.0 Å². The number of carbonyl (C=O) groups is 2. The Hall–Kier alpha value is -2.04. The van der Waals surface area contributed by atoms with Crippen molar-refractivity contribution < 1.29 is 19.1 Å². The van der Waals surface area contributed by atoms with Crippen molar-refractivity contribution in [1.82, 2.24) is 4.90 Å². The number of rotatable bonds is 4. The number of benzene rings is 1. The van der Waals surface area contributed by atoms with Crippen LogP contribution >= 0.6 is 0 Å². The second-order valence-corrected chi connectivity index (χ2v) is 4.42. The minimum absolute atomic E-state index is 0.00252. The van der Waals surface area contributed by atoms with E-state index < -0.39 is 0 Å². The quantitative estimate of drug-likeness (QED) is 0.770. The van der Waals surface area contributed by atoms with Crippen molar-refractivity contribution in [3.8, 4) is 11.5 Å². The van der Waals surface area contributed by atoms with Gasteiger partial charge in [-0.25, -0.2) is 0 Å². The number of ether oxygens (including phenoxy) is 2. The van der Waals surface area contributed by atoms with Crippen LogP contribution in [0.2, 0.25) is 0 Å². The molecular formula is C14H17NO4. The van der Waals surface area contributed by atoms with Crippen molar-refractivity contribution in [1.29, 1.82) is 0 Å². The number of carbonyl (C=O) groups excluding carboxylic acids is 2. The van der Waals surface area contributed by atoms with Crippen LogP contribution in [0.25, 0.3) is 0 Å². The van der Waals surface area contributed by atoms with Gasteiger partial charge in [0.05, 0.1) is 32.7 Å². The number of methoxy groups -OCH3 is 2. The Morgan fingerprint density at radius 3 is 2.32 bits per heavy atom. The molecule has 0 unspecified atom stereocenters. The summed E-state index contributed by atoms with van der Waals surface area (Å²) in [5.74, 6) is 1.24. The summed E-state index contributed by atoms with van der Waals surface area (Å²) in [6.45, 7) is 0.859. The third-order valence-electron chi connectivity index (χ3n) is 3.24. The van der Waals surface area contributed by atoms with Gasteiger partial charge in [-0.05, 0) is 12.1 Å². The molecule has 1 amide bonds. The minimum atomic E-state index is -0.135. The molecule has 0 atom stereocenters. The summed E-state index contributed by atoms with van der Waals surface area (Å²) >= 11 is 0. The molecule has 1 aliphatic heterocycles. The van der Waals surface area contributed by atoms with Crippen LogP contribution in [0.3, 0.4) is 0 Å².